The smallest absolute Gasteiger partial charge is 0.137 e. The Kier molecular flexibility index (Phi) is 2.73. The van der Waals surface area contributed by atoms with Gasteiger partial charge in [-0.05, 0) is 32.4 Å². The van der Waals surface area contributed by atoms with Crippen molar-refractivity contribution in [3.63, 3.8) is 0 Å². The maximum absolute atomic E-state index is 10.9. The van der Waals surface area contributed by atoms with E-state index in [0.717, 1.165) is 16.5 Å². The molecule has 1 aromatic carbocycles. The molecule has 102 valence electrons. The number of aryl methyl sites for hydroxylation is 1. The molecule has 1 aromatic heterocycles. The number of rotatable bonds is 1. The maximum Gasteiger partial charge on any atom is 0.137 e. The van der Waals surface area contributed by atoms with Crippen LogP contribution in [0.5, 0.6) is 0 Å². The van der Waals surface area contributed by atoms with Gasteiger partial charge in [-0.1, -0.05) is 18.2 Å². The molecular weight excluding hydrogens is 240 g/mol. The first-order valence-electron chi connectivity index (χ1n) is 6.76. The van der Waals surface area contributed by atoms with Gasteiger partial charge in [0.1, 0.15) is 16.9 Å². The van der Waals surface area contributed by atoms with E-state index in [4.69, 9.17) is 9.15 Å². The molecule has 0 bridgehead atoms. The molecule has 1 N–H and O–H groups in total. The van der Waals surface area contributed by atoms with E-state index in [0.29, 0.717) is 25.2 Å². The summed E-state index contributed by atoms with van der Waals surface area (Å²) in [4.78, 5) is 0. The lowest BCUT2D eigenvalue weighted by atomic mass is 9.82. The summed E-state index contributed by atoms with van der Waals surface area (Å²) in [6, 6.07) is 8.01. The molecule has 0 aliphatic carbocycles. The van der Waals surface area contributed by atoms with Crippen LogP contribution < -0.4 is 0 Å². The Morgan fingerprint density at radius 1 is 1.26 bits per heavy atom. The topological polar surface area (TPSA) is 42.6 Å². The van der Waals surface area contributed by atoms with Gasteiger partial charge in [-0.15, -0.1) is 0 Å². The summed E-state index contributed by atoms with van der Waals surface area (Å²) in [6.07, 6.45) is 1.13. The number of para-hydroxylation sites is 1. The monoisotopic (exact) mass is 260 g/mol. The van der Waals surface area contributed by atoms with Gasteiger partial charge in [0.25, 0.3) is 0 Å². The van der Waals surface area contributed by atoms with E-state index in [1.54, 1.807) is 0 Å². The molecule has 1 aliphatic heterocycles. The van der Waals surface area contributed by atoms with Gasteiger partial charge in [-0.25, -0.2) is 0 Å². The minimum absolute atomic E-state index is 0.318. The van der Waals surface area contributed by atoms with Crippen LogP contribution in [-0.2, 0) is 10.3 Å². The molecule has 0 saturated carbocycles. The molecule has 3 heteroatoms. The van der Waals surface area contributed by atoms with Crippen molar-refractivity contribution in [3.05, 3.63) is 35.6 Å². The van der Waals surface area contributed by atoms with Gasteiger partial charge in [0.05, 0.1) is 12.2 Å². The molecule has 19 heavy (non-hydrogen) atoms. The van der Waals surface area contributed by atoms with Crippen molar-refractivity contribution in [1.29, 1.82) is 0 Å². The number of furan rings is 1. The Balaban J connectivity index is 2.06. The largest absolute Gasteiger partial charge is 0.458 e. The summed E-state index contributed by atoms with van der Waals surface area (Å²) in [5, 5.41) is 11.9. The molecule has 1 fully saturated rings. The van der Waals surface area contributed by atoms with Crippen molar-refractivity contribution in [2.45, 2.75) is 44.8 Å². The highest BCUT2D eigenvalue weighted by atomic mass is 16.5. The van der Waals surface area contributed by atoms with Gasteiger partial charge >= 0.3 is 0 Å². The van der Waals surface area contributed by atoms with Crippen LogP contribution >= 0.6 is 0 Å². The lowest BCUT2D eigenvalue weighted by molar-refractivity contribution is -0.154. The normalized spacial score (nSPS) is 26.7. The van der Waals surface area contributed by atoms with Gasteiger partial charge in [0.15, 0.2) is 0 Å². The second kappa shape index (κ2) is 4.09. The van der Waals surface area contributed by atoms with Crippen LogP contribution in [0.1, 0.15) is 38.0 Å². The van der Waals surface area contributed by atoms with E-state index < -0.39 is 5.60 Å². The van der Waals surface area contributed by atoms with Crippen LogP contribution in [0.25, 0.3) is 11.0 Å². The van der Waals surface area contributed by atoms with Gasteiger partial charge < -0.3 is 14.3 Å². The van der Waals surface area contributed by atoms with E-state index in [9.17, 15) is 5.11 Å². The number of benzene rings is 1. The SMILES string of the molecule is Cc1cccc2cc(C3(O)CCOC(C)(C)C3)oc12. The summed E-state index contributed by atoms with van der Waals surface area (Å²) >= 11 is 0. The van der Waals surface area contributed by atoms with Crippen LogP contribution in [-0.4, -0.2) is 17.3 Å². The first-order chi connectivity index (χ1) is 8.90. The average molecular weight is 260 g/mol. The quantitative estimate of drug-likeness (QED) is 0.853. The van der Waals surface area contributed by atoms with Gasteiger partial charge in [0, 0.05) is 18.2 Å². The van der Waals surface area contributed by atoms with E-state index >= 15 is 0 Å². The molecule has 2 heterocycles. The Labute approximate surface area is 113 Å². The van der Waals surface area contributed by atoms with Crippen molar-refractivity contribution in [3.8, 4) is 0 Å². The lowest BCUT2D eigenvalue weighted by Crippen LogP contribution is -2.43. The fourth-order valence-electron chi connectivity index (χ4n) is 2.99. The number of fused-ring (bicyclic) bond motifs is 1. The summed E-state index contributed by atoms with van der Waals surface area (Å²) in [5.41, 5.74) is 0.725. The van der Waals surface area contributed by atoms with Crippen molar-refractivity contribution >= 4 is 11.0 Å². The minimum atomic E-state index is -0.923. The molecule has 1 aliphatic rings. The molecule has 0 radical (unpaired) electrons. The van der Waals surface area contributed by atoms with E-state index in [-0.39, 0.29) is 5.60 Å². The number of ether oxygens (including phenoxy) is 1. The first-order valence-corrected chi connectivity index (χ1v) is 6.76. The predicted molar refractivity (Wildman–Crippen MR) is 74.1 cm³/mol. The van der Waals surface area contributed by atoms with Gasteiger partial charge in [-0.2, -0.15) is 0 Å². The standard InChI is InChI=1S/C16H20O3/c1-11-5-4-6-12-9-13(19-14(11)12)16(17)7-8-18-15(2,3)10-16/h4-6,9,17H,7-8,10H2,1-3H3. The van der Waals surface area contributed by atoms with E-state index in [2.05, 4.69) is 0 Å². The number of aliphatic hydroxyl groups is 1. The Bertz CT molecular complexity index is 611. The molecule has 1 saturated heterocycles. The number of hydrogen-bond acceptors (Lipinski definition) is 3. The lowest BCUT2D eigenvalue weighted by Gasteiger charge is -2.40. The molecule has 0 amide bonds. The van der Waals surface area contributed by atoms with Gasteiger partial charge in [0.2, 0.25) is 0 Å². The second-order valence-electron chi connectivity index (χ2n) is 6.17. The van der Waals surface area contributed by atoms with Crippen LogP contribution in [0.2, 0.25) is 0 Å². The Morgan fingerprint density at radius 3 is 2.74 bits per heavy atom. The molecule has 0 spiro atoms. The zero-order valence-corrected chi connectivity index (χ0v) is 11.7. The van der Waals surface area contributed by atoms with Crippen molar-refractivity contribution < 1.29 is 14.3 Å². The van der Waals surface area contributed by atoms with Crippen molar-refractivity contribution in [2.24, 2.45) is 0 Å². The highest BCUT2D eigenvalue weighted by Crippen LogP contribution is 2.41. The van der Waals surface area contributed by atoms with Crippen LogP contribution in [0.3, 0.4) is 0 Å². The fourth-order valence-corrected chi connectivity index (χ4v) is 2.99. The summed E-state index contributed by atoms with van der Waals surface area (Å²) in [6.45, 7) is 6.59. The van der Waals surface area contributed by atoms with Crippen LogP contribution in [0.4, 0.5) is 0 Å². The molecule has 1 atom stereocenters. The third kappa shape index (κ3) is 2.17. The zero-order chi connectivity index (χ0) is 13.7. The summed E-state index contributed by atoms with van der Waals surface area (Å²) < 4.78 is 11.6. The molecular formula is C16H20O3. The maximum atomic E-state index is 10.9. The van der Waals surface area contributed by atoms with E-state index in [1.807, 2.05) is 45.0 Å². The van der Waals surface area contributed by atoms with E-state index in [1.165, 1.54) is 0 Å². The average Bonchev–Trinajstić information content (AvgIpc) is 2.73. The van der Waals surface area contributed by atoms with Gasteiger partial charge in [-0.3, -0.25) is 0 Å². The molecule has 1 unspecified atom stereocenters. The van der Waals surface area contributed by atoms with Crippen molar-refractivity contribution in [1.82, 2.24) is 0 Å². The molecule has 2 aromatic rings. The third-order valence-corrected chi connectivity index (χ3v) is 3.93. The third-order valence-electron chi connectivity index (χ3n) is 3.93. The second-order valence-corrected chi connectivity index (χ2v) is 6.17. The highest BCUT2D eigenvalue weighted by Gasteiger charge is 2.43. The van der Waals surface area contributed by atoms with Crippen LogP contribution in [0.15, 0.2) is 28.7 Å². The summed E-state index contributed by atoms with van der Waals surface area (Å²) in [5.74, 6) is 0.660. The fraction of sp³-hybridized carbons (Fsp3) is 0.500. The Morgan fingerprint density at radius 2 is 2.05 bits per heavy atom. The Hall–Kier alpha value is -1.32. The van der Waals surface area contributed by atoms with Crippen molar-refractivity contribution in [2.75, 3.05) is 6.61 Å². The number of hydrogen-bond donors (Lipinski definition) is 1. The highest BCUT2D eigenvalue weighted by molar-refractivity contribution is 5.81. The van der Waals surface area contributed by atoms with Crippen LogP contribution in [0, 0.1) is 6.92 Å². The summed E-state index contributed by atoms with van der Waals surface area (Å²) in [7, 11) is 0. The minimum Gasteiger partial charge on any atom is -0.458 e. The predicted octanol–water partition coefficient (Wildman–Crippen LogP) is 3.52. The molecule has 3 rings (SSSR count). The molecule has 3 nitrogen and oxygen atoms in total. The zero-order valence-electron chi connectivity index (χ0n) is 11.7. The first kappa shape index (κ1) is 12.7.